The van der Waals surface area contributed by atoms with Crippen LogP contribution in [0.1, 0.15) is 5.56 Å². The Morgan fingerprint density at radius 2 is 2.12 bits per heavy atom. The quantitative estimate of drug-likeness (QED) is 0.867. The fraction of sp³-hybridized carbons (Fsp3) is 0.333. The Bertz CT molecular complexity index is 367. The Balaban J connectivity index is 2.14. The third kappa shape index (κ3) is 2.40. The van der Waals surface area contributed by atoms with Crippen LogP contribution in [0.4, 0.5) is 0 Å². The molecule has 1 aromatic carbocycles. The first-order valence-corrected chi connectivity index (χ1v) is 6.19. The molecule has 0 aliphatic carbocycles. The molecule has 0 saturated carbocycles. The molecule has 1 heterocycles. The Morgan fingerprint density at radius 3 is 2.81 bits per heavy atom. The molecule has 1 aliphatic rings. The largest absolute Gasteiger partial charge is 0.383 e. The maximum Gasteiger partial charge on any atom is 0.129 e. The third-order valence-electron chi connectivity index (χ3n) is 2.54. The van der Waals surface area contributed by atoms with Gasteiger partial charge in [-0.2, -0.15) is 0 Å². The molecule has 1 unspecified atom stereocenters. The van der Waals surface area contributed by atoms with E-state index in [1.165, 1.54) is 11.3 Å². The van der Waals surface area contributed by atoms with Crippen molar-refractivity contribution in [1.29, 1.82) is 0 Å². The second-order valence-electron chi connectivity index (χ2n) is 3.58. The average molecular weight is 236 g/mol. The Morgan fingerprint density at radius 1 is 1.38 bits per heavy atom. The van der Waals surface area contributed by atoms with Crippen molar-refractivity contribution in [2.24, 2.45) is 5.73 Å². The van der Waals surface area contributed by atoms with E-state index in [2.05, 4.69) is 22.4 Å². The van der Waals surface area contributed by atoms with Gasteiger partial charge in [0.2, 0.25) is 0 Å². The van der Waals surface area contributed by atoms with Gasteiger partial charge in [0.25, 0.3) is 0 Å². The summed E-state index contributed by atoms with van der Waals surface area (Å²) in [4.78, 5) is 2.17. The molecule has 0 spiro atoms. The molecular formula is C12H16N2OS. The van der Waals surface area contributed by atoms with Gasteiger partial charge < -0.3 is 15.4 Å². The second-order valence-corrected chi connectivity index (χ2v) is 4.57. The number of hydrogen-bond acceptors (Lipinski definition) is 4. The Hall–Kier alpha value is -0.970. The molecule has 86 valence electrons. The van der Waals surface area contributed by atoms with Crippen LogP contribution in [0, 0.1) is 0 Å². The normalized spacial score (nSPS) is 20.0. The summed E-state index contributed by atoms with van der Waals surface area (Å²) in [5, 5.41) is 2.12. The van der Waals surface area contributed by atoms with Crippen molar-refractivity contribution in [3.63, 3.8) is 0 Å². The van der Waals surface area contributed by atoms with E-state index in [9.17, 15) is 0 Å². The van der Waals surface area contributed by atoms with Gasteiger partial charge in [0.1, 0.15) is 5.50 Å². The number of thioether (sulfide) groups is 1. The number of methoxy groups -OCH3 is 1. The van der Waals surface area contributed by atoms with Crippen LogP contribution in [-0.2, 0) is 4.74 Å². The van der Waals surface area contributed by atoms with Crippen molar-refractivity contribution in [2.45, 2.75) is 5.50 Å². The Labute approximate surface area is 100 Å². The molecule has 1 atom stereocenters. The van der Waals surface area contributed by atoms with Crippen LogP contribution < -0.4 is 5.73 Å². The number of benzene rings is 1. The number of hydrogen-bond donors (Lipinski definition) is 1. The zero-order valence-corrected chi connectivity index (χ0v) is 10.1. The molecule has 4 heteroatoms. The van der Waals surface area contributed by atoms with Crippen LogP contribution in [0.15, 0.2) is 35.7 Å². The zero-order valence-electron chi connectivity index (χ0n) is 9.30. The molecule has 16 heavy (non-hydrogen) atoms. The van der Waals surface area contributed by atoms with Gasteiger partial charge in [-0.1, -0.05) is 42.1 Å². The number of nitrogens with zero attached hydrogens (tertiary/aromatic N) is 1. The highest BCUT2D eigenvalue weighted by atomic mass is 32.2. The number of ether oxygens (including phenoxy) is 1. The smallest absolute Gasteiger partial charge is 0.129 e. The van der Waals surface area contributed by atoms with Gasteiger partial charge in [-0.15, -0.1) is 0 Å². The van der Waals surface area contributed by atoms with E-state index in [-0.39, 0.29) is 5.50 Å². The van der Waals surface area contributed by atoms with Gasteiger partial charge in [0, 0.05) is 13.7 Å². The van der Waals surface area contributed by atoms with E-state index < -0.39 is 0 Å². The minimum absolute atomic E-state index is 0.00496. The minimum atomic E-state index is 0.00496. The average Bonchev–Trinajstić information content (AvgIpc) is 2.69. The fourth-order valence-corrected chi connectivity index (χ4v) is 2.60. The summed E-state index contributed by atoms with van der Waals surface area (Å²) in [6.45, 7) is 1.52. The second kappa shape index (κ2) is 5.39. The van der Waals surface area contributed by atoms with Crippen LogP contribution in [0.3, 0.4) is 0 Å². The van der Waals surface area contributed by atoms with E-state index in [4.69, 9.17) is 10.5 Å². The van der Waals surface area contributed by atoms with Gasteiger partial charge in [0.15, 0.2) is 0 Å². The van der Waals surface area contributed by atoms with Gasteiger partial charge >= 0.3 is 0 Å². The SMILES string of the molecule is COCCN1C(c2ccccc2)=CSC1N. The lowest BCUT2D eigenvalue weighted by Crippen LogP contribution is -2.36. The predicted octanol–water partition coefficient (Wildman–Crippen LogP) is 1.92. The maximum absolute atomic E-state index is 6.03. The van der Waals surface area contributed by atoms with Crippen molar-refractivity contribution in [1.82, 2.24) is 4.90 Å². The highest BCUT2D eigenvalue weighted by molar-refractivity contribution is 8.03. The first kappa shape index (κ1) is 11.5. The van der Waals surface area contributed by atoms with Crippen LogP contribution in [-0.4, -0.2) is 30.7 Å². The van der Waals surface area contributed by atoms with E-state index in [0.717, 1.165) is 6.54 Å². The molecule has 0 radical (unpaired) electrons. The van der Waals surface area contributed by atoms with Crippen molar-refractivity contribution >= 4 is 17.5 Å². The lowest BCUT2D eigenvalue weighted by molar-refractivity contribution is 0.171. The summed E-state index contributed by atoms with van der Waals surface area (Å²) in [7, 11) is 1.71. The third-order valence-corrected chi connectivity index (χ3v) is 3.43. The van der Waals surface area contributed by atoms with E-state index in [1.807, 2.05) is 18.2 Å². The molecule has 0 fully saturated rings. The van der Waals surface area contributed by atoms with Gasteiger partial charge in [-0.05, 0) is 11.0 Å². The van der Waals surface area contributed by atoms with Crippen molar-refractivity contribution in [2.75, 3.05) is 20.3 Å². The molecule has 0 aromatic heterocycles. The molecule has 0 saturated heterocycles. The highest BCUT2D eigenvalue weighted by Gasteiger charge is 2.23. The summed E-state index contributed by atoms with van der Waals surface area (Å²) in [6.07, 6.45) is 0. The van der Waals surface area contributed by atoms with Crippen LogP contribution in [0.5, 0.6) is 0 Å². The summed E-state index contributed by atoms with van der Waals surface area (Å²) >= 11 is 1.64. The molecule has 2 rings (SSSR count). The first-order chi connectivity index (χ1) is 7.83. The highest BCUT2D eigenvalue weighted by Crippen LogP contribution is 2.33. The molecule has 3 nitrogen and oxygen atoms in total. The van der Waals surface area contributed by atoms with Crippen LogP contribution in [0.2, 0.25) is 0 Å². The molecule has 1 aromatic rings. The van der Waals surface area contributed by atoms with Crippen LogP contribution >= 0.6 is 11.8 Å². The van der Waals surface area contributed by atoms with Crippen molar-refractivity contribution in [3.05, 3.63) is 41.3 Å². The lowest BCUT2D eigenvalue weighted by atomic mass is 10.1. The van der Waals surface area contributed by atoms with E-state index >= 15 is 0 Å². The van der Waals surface area contributed by atoms with Crippen LogP contribution in [0.25, 0.3) is 5.70 Å². The first-order valence-electron chi connectivity index (χ1n) is 5.25. The van der Waals surface area contributed by atoms with Gasteiger partial charge in [-0.25, -0.2) is 0 Å². The molecule has 2 N–H and O–H groups in total. The van der Waals surface area contributed by atoms with E-state index in [0.29, 0.717) is 6.61 Å². The molecule has 1 aliphatic heterocycles. The summed E-state index contributed by atoms with van der Waals surface area (Å²) in [5.41, 5.74) is 8.43. The fourth-order valence-electron chi connectivity index (χ4n) is 1.69. The number of nitrogens with two attached hydrogens (primary N) is 1. The van der Waals surface area contributed by atoms with Crippen molar-refractivity contribution in [3.8, 4) is 0 Å². The zero-order chi connectivity index (χ0) is 11.4. The maximum atomic E-state index is 6.03. The molecule has 0 bridgehead atoms. The van der Waals surface area contributed by atoms with Crippen molar-refractivity contribution < 1.29 is 4.74 Å². The van der Waals surface area contributed by atoms with Gasteiger partial charge in [0.05, 0.1) is 12.3 Å². The predicted molar refractivity (Wildman–Crippen MR) is 68.6 cm³/mol. The number of rotatable bonds is 4. The topological polar surface area (TPSA) is 38.5 Å². The monoisotopic (exact) mass is 236 g/mol. The Kier molecular flexibility index (Phi) is 3.88. The summed E-state index contributed by atoms with van der Waals surface area (Å²) < 4.78 is 5.10. The minimum Gasteiger partial charge on any atom is -0.383 e. The summed E-state index contributed by atoms with van der Waals surface area (Å²) in [5.74, 6) is 0. The standard InChI is InChI=1S/C12H16N2OS/c1-15-8-7-14-11(9-16-12(14)13)10-5-3-2-4-6-10/h2-6,9,12H,7-8,13H2,1H3. The van der Waals surface area contributed by atoms with Gasteiger partial charge in [-0.3, -0.25) is 0 Å². The summed E-state index contributed by atoms with van der Waals surface area (Å²) in [6, 6.07) is 10.3. The van der Waals surface area contributed by atoms with E-state index in [1.54, 1.807) is 18.9 Å². The molecule has 0 amide bonds. The molecular weight excluding hydrogens is 220 g/mol. The lowest BCUT2D eigenvalue weighted by Gasteiger charge is -2.26.